The first-order valence-electron chi connectivity index (χ1n) is 5.92. The maximum absolute atomic E-state index is 13.8. The number of ether oxygens (including phenoxy) is 1. The summed E-state index contributed by atoms with van der Waals surface area (Å²) in [4.78, 5) is 12.2. The number of hydrogen-bond donors (Lipinski definition) is 1. The zero-order chi connectivity index (χ0) is 14.7. The van der Waals surface area contributed by atoms with Gasteiger partial charge in [-0.2, -0.15) is 0 Å². The van der Waals surface area contributed by atoms with E-state index in [9.17, 15) is 9.18 Å². The third-order valence-electron chi connectivity index (χ3n) is 2.94. The topological polar surface area (TPSA) is 52.3 Å². The molecule has 0 amide bonds. The van der Waals surface area contributed by atoms with Crippen LogP contribution in [0.2, 0.25) is 5.02 Å². The van der Waals surface area contributed by atoms with Crippen molar-refractivity contribution >= 4 is 23.1 Å². The Morgan fingerprint density at radius 2 is 2.10 bits per heavy atom. The SMILES string of the molecule is COc1ccc(N)c(C(=O)Cc2cccc(Cl)c2F)c1. The zero-order valence-electron chi connectivity index (χ0n) is 10.8. The molecule has 3 nitrogen and oxygen atoms in total. The van der Waals surface area contributed by atoms with Crippen LogP contribution in [0.3, 0.4) is 0 Å². The fourth-order valence-electron chi connectivity index (χ4n) is 1.86. The van der Waals surface area contributed by atoms with Crippen molar-refractivity contribution in [1.29, 1.82) is 0 Å². The van der Waals surface area contributed by atoms with Crippen LogP contribution in [-0.2, 0) is 6.42 Å². The van der Waals surface area contributed by atoms with E-state index >= 15 is 0 Å². The minimum absolute atomic E-state index is 0.00564. The summed E-state index contributed by atoms with van der Waals surface area (Å²) in [6.07, 6.45) is -0.107. The van der Waals surface area contributed by atoms with Crippen LogP contribution in [0.25, 0.3) is 0 Å². The van der Waals surface area contributed by atoms with Crippen LogP contribution in [0.5, 0.6) is 5.75 Å². The molecule has 0 fully saturated rings. The van der Waals surface area contributed by atoms with Gasteiger partial charge in [-0.1, -0.05) is 23.7 Å². The summed E-state index contributed by atoms with van der Waals surface area (Å²) < 4.78 is 18.8. The monoisotopic (exact) mass is 293 g/mol. The molecule has 0 aliphatic rings. The van der Waals surface area contributed by atoms with Gasteiger partial charge in [0.05, 0.1) is 12.1 Å². The van der Waals surface area contributed by atoms with E-state index in [0.29, 0.717) is 17.0 Å². The quantitative estimate of drug-likeness (QED) is 0.693. The maximum Gasteiger partial charge on any atom is 0.169 e. The molecule has 0 aliphatic heterocycles. The van der Waals surface area contributed by atoms with Gasteiger partial charge in [0.25, 0.3) is 0 Å². The molecule has 5 heteroatoms. The molecule has 2 rings (SSSR count). The Bertz CT molecular complexity index is 658. The van der Waals surface area contributed by atoms with E-state index in [1.807, 2.05) is 0 Å². The number of rotatable bonds is 4. The van der Waals surface area contributed by atoms with Crippen molar-refractivity contribution in [2.24, 2.45) is 0 Å². The number of ketones is 1. The van der Waals surface area contributed by atoms with Gasteiger partial charge in [0.1, 0.15) is 11.6 Å². The smallest absolute Gasteiger partial charge is 0.169 e. The Morgan fingerprint density at radius 1 is 1.35 bits per heavy atom. The number of methoxy groups -OCH3 is 1. The molecule has 104 valence electrons. The van der Waals surface area contributed by atoms with Gasteiger partial charge >= 0.3 is 0 Å². The van der Waals surface area contributed by atoms with Crippen molar-refractivity contribution in [3.63, 3.8) is 0 Å². The summed E-state index contributed by atoms with van der Waals surface area (Å²) in [5, 5.41) is -0.00564. The highest BCUT2D eigenvalue weighted by molar-refractivity contribution is 6.30. The van der Waals surface area contributed by atoms with Crippen molar-refractivity contribution < 1.29 is 13.9 Å². The second kappa shape index (κ2) is 5.92. The summed E-state index contributed by atoms with van der Waals surface area (Å²) >= 11 is 5.69. The molecule has 20 heavy (non-hydrogen) atoms. The fourth-order valence-corrected chi connectivity index (χ4v) is 2.05. The molecular formula is C15H13ClFNO2. The second-order valence-electron chi connectivity index (χ2n) is 4.27. The lowest BCUT2D eigenvalue weighted by Gasteiger charge is -2.08. The number of benzene rings is 2. The summed E-state index contributed by atoms with van der Waals surface area (Å²) in [6.45, 7) is 0. The Morgan fingerprint density at radius 3 is 2.80 bits per heavy atom. The minimum Gasteiger partial charge on any atom is -0.497 e. The van der Waals surface area contributed by atoms with Crippen molar-refractivity contribution in [1.82, 2.24) is 0 Å². The van der Waals surface area contributed by atoms with Gasteiger partial charge < -0.3 is 10.5 Å². The third kappa shape index (κ3) is 2.91. The highest BCUT2D eigenvalue weighted by Crippen LogP contribution is 2.23. The van der Waals surface area contributed by atoms with Crippen LogP contribution < -0.4 is 10.5 Å². The summed E-state index contributed by atoms with van der Waals surface area (Å²) in [5.74, 6) is -0.347. The van der Waals surface area contributed by atoms with Gasteiger partial charge in [0.15, 0.2) is 5.78 Å². The predicted octanol–water partition coefficient (Wildman–Crippen LogP) is 3.50. The molecule has 0 saturated heterocycles. The average molecular weight is 294 g/mol. The Labute approximate surface area is 121 Å². The summed E-state index contributed by atoms with van der Waals surface area (Å²) in [5.41, 5.74) is 6.65. The number of halogens is 2. The minimum atomic E-state index is -0.580. The molecule has 2 aromatic rings. The Kier molecular flexibility index (Phi) is 4.25. The van der Waals surface area contributed by atoms with E-state index in [4.69, 9.17) is 22.1 Å². The number of nitrogen functional groups attached to an aromatic ring is 1. The number of hydrogen-bond acceptors (Lipinski definition) is 3. The number of Topliss-reactive ketones (excluding diaryl/α,β-unsaturated/α-hetero) is 1. The highest BCUT2D eigenvalue weighted by atomic mass is 35.5. The second-order valence-corrected chi connectivity index (χ2v) is 4.67. The van der Waals surface area contributed by atoms with E-state index in [0.717, 1.165) is 0 Å². The molecule has 0 heterocycles. The van der Waals surface area contributed by atoms with Gasteiger partial charge in [0.2, 0.25) is 0 Å². The van der Waals surface area contributed by atoms with Crippen LogP contribution in [-0.4, -0.2) is 12.9 Å². The number of carbonyl (C=O) groups excluding carboxylic acids is 1. The van der Waals surface area contributed by atoms with Crippen molar-refractivity contribution in [2.75, 3.05) is 12.8 Å². The molecule has 0 radical (unpaired) electrons. The molecule has 0 aromatic heterocycles. The van der Waals surface area contributed by atoms with Crippen LogP contribution in [0.1, 0.15) is 15.9 Å². The van der Waals surface area contributed by atoms with E-state index in [2.05, 4.69) is 0 Å². The number of anilines is 1. The maximum atomic E-state index is 13.8. The molecular weight excluding hydrogens is 281 g/mol. The van der Waals surface area contributed by atoms with Crippen LogP contribution in [0.15, 0.2) is 36.4 Å². The molecule has 2 N–H and O–H groups in total. The van der Waals surface area contributed by atoms with Crippen LogP contribution in [0, 0.1) is 5.82 Å². The van der Waals surface area contributed by atoms with Gasteiger partial charge in [-0.05, 0) is 29.8 Å². The predicted molar refractivity (Wildman–Crippen MR) is 76.9 cm³/mol. The lowest BCUT2D eigenvalue weighted by Crippen LogP contribution is -2.08. The fraction of sp³-hybridized carbons (Fsp3) is 0.133. The first-order valence-corrected chi connectivity index (χ1v) is 6.30. The molecule has 2 aromatic carbocycles. The molecule has 0 spiro atoms. The van der Waals surface area contributed by atoms with E-state index < -0.39 is 5.82 Å². The molecule has 0 unspecified atom stereocenters. The molecule has 0 bridgehead atoms. The first-order chi connectivity index (χ1) is 9.52. The molecule has 0 atom stereocenters. The largest absolute Gasteiger partial charge is 0.497 e. The summed E-state index contributed by atoms with van der Waals surface area (Å²) in [7, 11) is 1.50. The third-order valence-corrected chi connectivity index (χ3v) is 3.24. The summed E-state index contributed by atoms with van der Waals surface area (Å²) in [6, 6.07) is 9.34. The van der Waals surface area contributed by atoms with E-state index in [-0.39, 0.29) is 22.8 Å². The van der Waals surface area contributed by atoms with Gasteiger partial charge in [-0.15, -0.1) is 0 Å². The van der Waals surface area contributed by atoms with Gasteiger partial charge in [0, 0.05) is 17.7 Å². The van der Waals surface area contributed by atoms with Crippen molar-refractivity contribution in [3.05, 3.63) is 58.4 Å². The van der Waals surface area contributed by atoms with Crippen LogP contribution in [0.4, 0.5) is 10.1 Å². The van der Waals surface area contributed by atoms with E-state index in [1.165, 1.54) is 19.2 Å². The average Bonchev–Trinajstić information content (AvgIpc) is 2.44. The number of carbonyl (C=O) groups is 1. The van der Waals surface area contributed by atoms with Gasteiger partial charge in [-0.25, -0.2) is 4.39 Å². The number of nitrogens with two attached hydrogens (primary N) is 1. The van der Waals surface area contributed by atoms with E-state index in [1.54, 1.807) is 24.3 Å². The first kappa shape index (κ1) is 14.3. The normalized spacial score (nSPS) is 10.3. The van der Waals surface area contributed by atoms with Crippen LogP contribution >= 0.6 is 11.6 Å². The molecule has 0 saturated carbocycles. The lowest BCUT2D eigenvalue weighted by molar-refractivity contribution is 0.0992. The Hall–Kier alpha value is -2.07. The van der Waals surface area contributed by atoms with Crippen molar-refractivity contribution in [2.45, 2.75) is 6.42 Å². The standard InChI is InChI=1S/C15H13ClFNO2/c1-20-10-5-6-13(18)11(8-10)14(19)7-9-3-2-4-12(16)15(9)17/h2-6,8H,7,18H2,1H3. The molecule has 0 aliphatic carbocycles. The Balaban J connectivity index is 2.30. The van der Waals surface area contributed by atoms with Crippen molar-refractivity contribution in [3.8, 4) is 5.75 Å². The van der Waals surface area contributed by atoms with Gasteiger partial charge in [-0.3, -0.25) is 4.79 Å². The zero-order valence-corrected chi connectivity index (χ0v) is 11.6. The lowest BCUT2D eigenvalue weighted by atomic mass is 10.0. The highest BCUT2D eigenvalue weighted by Gasteiger charge is 2.15.